The number of hydrogen-bond acceptors (Lipinski definition) is 4. The molecule has 0 spiro atoms. The molecule has 0 radical (unpaired) electrons. The van der Waals surface area contributed by atoms with Crippen molar-refractivity contribution < 1.29 is 0 Å². The summed E-state index contributed by atoms with van der Waals surface area (Å²) in [5.41, 5.74) is 11.3. The first-order valence-corrected chi connectivity index (χ1v) is 21.2. The Labute approximate surface area is 345 Å². The smallest absolute Gasteiger partial charge is 0.0488 e. The number of benzene rings is 9. The monoisotopic (exact) mass is 776 g/mol. The van der Waals surface area contributed by atoms with Crippen LogP contribution in [0.25, 0.3) is 62.6 Å². The van der Waals surface area contributed by atoms with E-state index >= 15 is 0 Å². The van der Waals surface area contributed by atoms with E-state index in [0.717, 1.165) is 39.7 Å². The van der Waals surface area contributed by atoms with Crippen LogP contribution in [0.15, 0.2) is 218 Å². The highest BCUT2D eigenvalue weighted by Gasteiger charge is 2.21. The van der Waals surface area contributed by atoms with Gasteiger partial charge in [0.15, 0.2) is 0 Å². The first-order chi connectivity index (χ1) is 28.7. The van der Waals surface area contributed by atoms with Crippen molar-refractivity contribution in [1.29, 1.82) is 0 Å². The third-order valence-corrected chi connectivity index (χ3v) is 13.3. The normalized spacial score (nSPS) is 11.4. The largest absolute Gasteiger partial charge is 0.310 e. The summed E-state index contributed by atoms with van der Waals surface area (Å²) in [4.78, 5) is 4.80. The van der Waals surface area contributed by atoms with Gasteiger partial charge in [-0.1, -0.05) is 127 Å². The van der Waals surface area contributed by atoms with Gasteiger partial charge in [0.1, 0.15) is 0 Å². The van der Waals surface area contributed by atoms with Crippen molar-refractivity contribution in [3.05, 3.63) is 218 Å². The zero-order valence-electron chi connectivity index (χ0n) is 31.5. The van der Waals surface area contributed by atoms with Crippen LogP contribution in [0.2, 0.25) is 0 Å². The Balaban J connectivity index is 1.15. The third kappa shape index (κ3) is 6.20. The van der Waals surface area contributed by atoms with Gasteiger partial charge in [-0.25, -0.2) is 0 Å². The van der Waals surface area contributed by atoms with Gasteiger partial charge < -0.3 is 9.80 Å². The Kier molecular flexibility index (Phi) is 8.58. The Morgan fingerprint density at radius 2 is 0.672 bits per heavy atom. The van der Waals surface area contributed by atoms with Crippen LogP contribution in [0.5, 0.6) is 0 Å². The Morgan fingerprint density at radius 1 is 0.224 bits per heavy atom. The van der Waals surface area contributed by atoms with Crippen LogP contribution in [-0.4, -0.2) is 0 Å². The lowest BCUT2D eigenvalue weighted by molar-refractivity contribution is 1.25. The number of nitrogens with zero attached hydrogens (tertiary/aromatic N) is 2. The highest BCUT2D eigenvalue weighted by Crippen LogP contribution is 2.46. The SMILES string of the molecule is c1ccc(-c2ccc(N(c3ccccc3)c3cc(-c4ccc5sc6ccccc6c5c4)cc(N(c4ccccc4)c4ccc5c(c4)sc4ccccc45)c3)cc2)cc1. The van der Waals surface area contributed by atoms with Crippen molar-refractivity contribution >= 4 is 97.1 Å². The fraction of sp³-hybridized carbons (Fsp3) is 0. The fourth-order valence-corrected chi connectivity index (χ4v) is 10.5. The average molecular weight is 777 g/mol. The lowest BCUT2D eigenvalue weighted by Crippen LogP contribution is -2.13. The van der Waals surface area contributed by atoms with Gasteiger partial charge in [0.2, 0.25) is 0 Å². The van der Waals surface area contributed by atoms with Crippen molar-refractivity contribution in [3.8, 4) is 22.3 Å². The minimum absolute atomic E-state index is 1.07. The average Bonchev–Trinajstić information content (AvgIpc) is 3.86. The van der Waals surface area contributed by atoms with Crippen molar-refractivity contribution in [2.24, 2.45) is 0 Å². The summed E-state index contributed by atoms with van der Waals surface area (Å²) in [6, 6.07) is 79.5. The van der Waals surface area contributed by atoms with E-state index in [-0.39, 0.29) is 0 Å². The second-order valence-corrected chi connectivity index (χ2v) is 16.7. The van der Waals surface area contributed by atoms with Crippen LogP contribution in [0, 0.1) is 0 Å². The molecule has 0 fully saturated rings. The highest BCUT2D eigenvalue weighted by atomic mass is 32.1. The van der Waals surface area contributed by atoms with Gasteiger partial charge in [0, 0.05) is 74.5 Å². The summed E-state index contributed by atoms with van der Waals surface area (Å²) in [7, 11) is 0. The number of hydrogen-bond donors (Lipinski definition) is 0. The van der Waals surface area contributed by atoms with Crippen LogP contribution in [0.1, 0.15) is 0 Å². The number of para-hydroxylation sites is 2. The molecule has 2 aromatic heterocycles. The van der Waals surface area contributed by atoms with Crippen molar-refractivity contribution in [2.45, 2.75) is 0 Å². The highest BCUT2D eigenvalue weighted by molar-refractivity contribution is 7.26. The van der Waals surface area contributed by atoms with Crippen LogP contribution in [0.3, 0.4) is 0 Å². The topological polar surface area (TPSA) is 6.48 Å². The van der Waals surface area contributed by atoms with Crippen LogP contribution < -0.4 is 9.80 Å². The number of anilines is 6. The molecule has 4 heteroatoms. The molecule has 0 bridgehead atoms. The molecule has 0 saturated carbocycles. The minimum atomic E-state index is 1.07. The van der Waals surface area contributed by atoms with Gasteiger partial charge >= 0.3 is 0 Å². The van der Waals surface area contributed by atoms with Crippen LogP contribution in [-0.2, 0) is 0 Å². The molecule has 0 atom stereocenters. The second-order valence-electron chi connectivity index (χ2n) is 14.6. The quantitative estimate of drug-likeness (QED) is 0.152. The summed E-state index contributed by atoms with van der Waals surface area (Å²) < 4.78 is 5.19. The first kappa shape index (κ1) is 34.3. The van der Waals surface area contributed by atoms with Gasteiger partial charge in [-0.05, 0) is 113 Å². The molecule has 0 aliphatic heterocycles. The summed E-state index contributed by atoms with van der Waals surface area (Å²) in [5.74, 6) is 0. The van der Waals surface area contributed by atoms with E-state index in [9.17, 15) is 0 Å². The predicted octanol–water partition coefficient (Wildman–Crippen LogP) is 16.7. The van der Waals surface area contributed by atoms with Gasteiger partial charge in [0.05, 0.1) is 0 Å². The van der Waals surface area contributed by atoms with E-state index in [0.29, 0.717) is 0 Å². The Hall–Kier alpha value is -6.98. The molecule has 0 aliphatic carbocycles. The molecule has 11 rings (SSSR count). The molecule has 0 saturated heterocycles. The Bertz CT molecular complexity index is 3220. The summed E-state index contributed by atoms with van der Waals surface area (Å²) >= 11 is 3.71. The van der Waals surface area contributed by atoms with Crippen molar-refractivity contribution in [2.75, 3.05) is 9.80 Å². The zero-order valence-corrected chi connectivity index (χ0v) is 33.1. The second kappa shape index (κ2) is 14.5. The summed E-state index contributed by atoms with van der Waals surface area (Å²) in [6.45, 7) is 0. The molecular formula is C54H36N2S2. The molecule has 0 aliphatic rings. The molecule has 0 unspecified atom stereocenters. The molecule has 2 heterocycles. The van der Waals surface area contributed by atoms with E-state index in [1.54, 1.807) is 0 Å². The molecule has 9 aromatic carbocycles. The van der Waals surface area contributed by atoms with E-state index < -0.39 is 0 Å². The van der Waals surface area contributed by atoms with Gasteiger partial charge in [-0.15, -0.1) is 22.7 Å². The minimum Gasteiger partial charge on any atom is -0.310 e. The number of rotatable bonds is 8. The zero-order chi connectivity index (χ0) is 38.4. The Morgan fingerprint density at radius 3 is 1.33 bits per heavy atom. The van der Waals surface area contributed by atoms with E-state index in [1.807, 2.05) is 22.7 Å². The molecule has 11 aromatic rings. The number of fused-ring (bicyclic) bond motifs is 6. The van der Waals surface area contributed by atoms with Crippen molar-refractivity contribution in [1.82, 2.24) is 0 Å². The summed E-state index contributed by atoms with van der Waals surface area (Å²) in [6.07, 6.45) is 0. The lowest BCUT2D eigenvalue weighted by atomic mass is 9.99. The molecule has 0 N–H and O–H groups in total. The maximum Gasteiger partial charge on any atom is 0.0488 e. The first-order valence-electron chi connectivity index (χ1n) is 19.6. The molecular weight excluding hydrogens is 741 g/mol. The predicted molar refractivity (Wildman–Crippen MR) is 252 cm³/mol. The fourth-order valence-electron chi connectivity index (χ4n) is 8.26. The maximum atomic E-state index is 2.41. The molecule has 58 heavy (non-hydrogen) atoms. The molecule has 0 amide bonds. The van der Waals surface area contributed by atoms with Crippen LogP contribution in [0.4, 0.5) is 34.1 Å². The van der Waals surface area contributed by atoms with E-state index in [1.165, 1.54) is 57.0 Å². The van der Waals surface area contributed by atoms with Gasteiger partial charge in [0.25, 0.3) is 0 Å². The van der Waals surface area contributed by atoms with E-state index in [4.69, 9.17) is 0 Å². The standard InChI is InChI=1S/C54H36N2S2/c1-4-14-37(15-5-1)38-24-27-43(28-25-38)55(41-16-6-2-7-17-41)45-32-40(39-26-31-53-50(34-39)48-21-11-13-23-52(48)57-53)33-46(35-45)56(42-18-8-3-9-19-42)44-29-30-49-47-20-10-12-22-51(47)58-54(49)36-44/h1-36H. The van der Waals surface area contributed by atoms with E-state index in [2.05, 4.69) is 228 Å². The van der Waals surface area contributed by atoms with Gasteiger partial charge in [-0.3, -0.25) is 0 Å². The third-order valence-electron chi connectivity index (χ3n) is 11.0. The molecule has 274 valence electrons. The molecule has 2 nitrogen and oxygen atoms in total. The summed E-state index contributed by atoms with van der Waals surface area (Å²) in [5, 5.41) is 5.18. The van der Waals surface area contributed by atoms with Crippen molar-refractivity contribution in [3.63, 3.8) is 0 Å². The number of thiophene rings is 2. The lowest BCUT2D eigenvalue weighted by Gasteiger charge is -2.30. The van der Waals surface area contributed by atoms with Crippen LogP contribution >= 0.6 is 22.7 Å². The van der Waals surface area contributed by atoms with Gasteiger partial charge in [-0.2, -0.15) is 0 Å². The maximum absolute atomic E-state index is 2.41.